The van der Waals surface area contributed by atoms with Gasteiger partial charge in [0.1, 0.15) is 18.0 Å². The van der Waals surface area contributed by atoms with E-state index in [1.807, 2.05) is 13.8 Å². The first kappa shape index (κ1) is 12.3. The van der Waals surface area contributed by atoms with Gasteiger partial charge in [0, 0.05) is 18.5 Å². The van der Waals surface area contributed by atoms with Crippen molar-refractivity contribution in [1.29, 1.82) is 0 Å². The zero-order valence-electron chi connectivity index (χ0n) is 11.0. The number of hydrogen-bond acceptors (Lipinski definition) is 4. The molecule has 0 N–H and O–H groups in total. The Morgan fingerprint density at radius 2 is 1.95 bits per heavy atom. The normalized spacial score (nSPS) is 23.8. The predicted octanol–water partition coefficient (Wildman–Crippen LogP) is 2.38. The molecular formula is C14H16FN3O. The highest BCUT2D eigenvalue weighted by atomic mass is 19.1. The van der Waals surface area contributed by atoms with E-state index < -0.39 is 0 Å². The molecule has 3 rings (SSSR count). The fraction of sp³-hybridized carbons (Fsp3) is 0.429. The Bertz CT molecular complexity index is 594. The first-order chi connectivity index (χ1) is 9.13. The third kappa shape index (κ3) is 2.38. The topological polar surface area (TPSA) is 38.2 Å². The van der Waals surface area contributed by atoms with Crippen molar-refractivity contribution in [3.63, 3.8) is 0 Å². The van der Waals surface area contributed by atoms with Crippen LogP contribution in [0.1, 0.15) is 13.8 Å². The lowest BCUT2D eigenvalue weighted by molar-refractivity contribution is -0.00537. The van der Waals surface area contributed by atoms with Crippen LogP contribution in [0.25, 0.3) is 10.9 Å². The molecule has 100 valence electrons. The van der Waals surface area contributed by atoms with Crippen LogP contribution < -0.4 is 4.90 Å². The SMILES string of the molecule is CC1CN(c2ncnc3ccc(F)cc23)CC(C)O1. The summed E-state index contributed by atoms with van der Waals surface area (Å²) >= 11 is 0. The highest BCUT2D eigenvalue weighted by Gasteiger charge is 2.24. The molecule has 2 heterocycles. The summed E-state index contributed by atoms with van der Waals surface area (Å²) in [5, 5.41) is 0.754. The molecule has 5 heteroatoms. The molecule has 4 nitrogen and oxygen atoms in total. The number of anilines is 1. The summed E-state index contributed by atoms with van der Waals surface area (Å²) in [4.78, 5) is 10.7. The minimum Gasteiger partial charge on any atom is -0.372 e. The zero-order valence-corrected chi connectivity index (χ0v) is 11.0. The van der Waals surface area contributed by atoms with E-state index >= 15 is 0 Å². The summed E-state index contributed by atoms with van der Waals surface area (Å²) in [7, 11) is 0. The highest BCUT2D eigenvalue weighted by molar-refractivity contribution is 5.89. The van der Waals surface area contributed by atoms with Crippen LogP contribution in [0, 0.1) is 5.82 Å². The molecule has 1 fully saturated rings. The molecule has 1 aliphatic rings. The van der Waals surface area contributed by atoms with E-state index in [1.165, 1.54) is 18.5 Å². The Balaban J connectivity index is 2.06. The molecule has 1 saturated heterocycles. The second kappa shape index (κ2) is 4.74. The smallest absolute Gasteiger partial charge is 0.140 e. The van der Waals surface area contributed by atoms with Crippen LogP contribution >= 0.6 is 0 Å². The lowest BCUT2D eigenvalue weighted by Crippen LogP contribution is -2.45. The van der Waals surface area contributed by atoms with E-state index in [0.29, 0.717) is 0 Å². The molecule has 0 bridgehead atoms. The quantitative estimate of drug-likeness (QED) is 0.790. The number of fused-ring (bicyclic) bond motifs is 1. The zero-order chi connectivity index (χ0) is 13.4. The van der Waals surface area contributed by atoms with Crippen molar-refractivity contribution in [2.75, 3.05) is 18.0 Å². The molecule has 2 aromatic rings. The van der Waals surface area contributed by atoms with Gasteiger partial charge >= 0.3 is 0 Å². The average molecular weight is 261 g/mol. The number of morpholine rings is 1. The summed E-state index contributed by atoms with van der Waals surface area (Å²) in [6.07, 6.45) is 1.81. The van der Waals surface area contributed by atoms with Crippen LogP contribution in [0.15, 0.2) is 24.5 Å². The maximum atomic E-state index is 13.4. The molecule has 19 heavy (non-hydrogen) atoms. The van der Waals surface area contributed by atoms with Gasteiger partial charge in [-0.2, -0.15) is 0 Å². The van der Waals surface area contributed by atoms with Crippen molar-refractivity contribution in [3.8, 4) is 0 Å². The Labute approximate surface area is 111 Å². The number of benzene rings is 1. The van der Waals surface area contributed by atoms with E-state index in [-0.39, 0.29) is 18.0 Å². The van der Waals surface area contributed by atoms with Crippen molar-refractivity contribution in [2.24, 2.45) is 0 Å². The minimum atomic E-state index is -0.266. The molecule has 0 amide bonds. The van der Waals surface area contributed by atoms with Gasteiger partial charge in [-0.05, 0) is 32.0 Å². The maximum absolute atomic E-state index is 13.4. The third-order valence-corrected chi connectivity index (χ3v) is 3.30. The van der Waals surface area contributed by atoms with Crippen molar-refractivity contribution < 1.29 is 9.13 Å². The largest absolute Gasteiger partial charge is 0.372 e. The number of hydrogen-bond donors (Lipinski definition) is 0. The van der Waals surface area contributed by atoms with Gasteiger partial charge in [-0.25, -0.2) is 14.4 Å². The van der Waals surface area contributed by atoms with Crippen molar-refractivity contribution in [3.05, 3.63) is 30.3 Å². The molecule has 0 saturated carbocycles. The van der Waals surface area contributed by atoms with Crippen LogP contribution in [0.4, 0.5) is 10.2 Å². The van der Waals surface area contributed by atoms with Gasteiger partial charge in [-0.15, -0.1) is 0 Å². The minimum absolute atomic E-state index is 0.141. The number of rotatable bonds is 1. The molecule has 0 spiro atoms. The predicted molar refractivity (Wildman–Crippen MR) is 71.7 cm³/mol. The van der Waals surface area contributed by atoms with Crippen LogP contribution in [-0.2, 0) is 4.74 Å². The molecule has 2 unspecified atom stereocenters. The Morgan fingerprint density at radius 1 is 1.21 bits per heavy atom. The first-order valence-corrected chi connectivity index (χ1v) is 6.44. The Hall–Kier alpha value is -1.75. The molecule has 1 aromatic heterocycles. The van der Waals surface area contributed by atoms with E-state index in [0.717, 1.165) is 29.8 Å². The Kier molecular flexibility index (Phi) is 3.06. The van der Waals surface area contributed by atoms with E-state index in [2.05, 4.69) is 14.9 Å². The number of aromatic nitrogens is 2. The van der Waals surface area contributed by atoms with Gasteiger partial charge in [0.25, 0.3) is 0 Å². The lowest BCUT2D eigenvalue weighted by Gasteiger charge is -2.36. The fourth-order valence-corrected chi connectivity index (χ4v) is 2.62. The van der Waals surface area contributed by atoms with E-state index in [4.69, 9.17) is 4.74 Å². The molecule has 1 aliphatic heterocycles. The maximum Gasteiger partial charge on any atom is 0.140 e. The lowest BCUT2D eigenvalue weighted by atomic mass is 10.2. The van der Waals surface area contributed by atoms with Crippen molar-refractivity contribution in [2.45, 2.75) is 26.1 Å². The Morgan fingerprint density at radius 3 is 2.68 bits per heavy atom. The van der Waals surface area contributed by atoms with E-state index in [1.54, 1.807) is 6.07 Å². The van der Waals surface area contributed by atoms with Gasteiger partial charge < -0.3 is 9.64 Å². The van der Waals surface area contributed by atoms with Crippen LogP contribution in [-0.4, -0.2) is 35.3 Å². The third-order valence-electron chi connectivity index (χ3n) is 3.30. The summed E-state index contributed by atoms with van der Waals surface area (Å²) < 4.78 is 19.2. The van der Waals surface area contributed by atoms with Crippen LogP contribution in [0.3, 0.4) is 0 Å². The molecule has 0 radical (unpaired) electrons. The van der Waals surface area contributed by atoms with Gasteiger partial charge in [0.05, 0.1) is 17.7 Å². The molecule has 1 aromatic carbocycles. The summed E-state index contributed by atoms with van der Waals surface area (Å²) in [6, 6.07) is 4.60. The number of halogens is 1. The van der Waals surface area contributed by atoms with Crippen LogP contribution in [0.2, 0.25) is 0 Å². The summed E-state index contributed by atoms with van der Waals surface area (Å²) in [6.45, 7) is 5.58. The van der Waals surface area contributed by atoms with Gasteiger partial charge in [-0.3, -0.25) is 0 Å². The molecular weight excluding hydrogens is 245 g/mol. The molecule has 0 aliphatic carbocycles. The fourth-order valence-electron chi connectivity index (χ4n) is 2.62. The monoisotopic (exact) mass is 261 g/mol. The molecule has 2 atom stereocenters. The van der Waals surface area contributed by atoms with Gasteiger partial charge in [0.2, 0.25) is 0 Å². The van der Waals surface area contributed by atoms with E-state index in [9.17, 15) is 4.39 Å². The second-order valence-corrected chi connectivity index (χ2v) is 5.02. The number of ether oxygens (including phenoxy) is 1. The summed E-state index contributed by atoms with van der Waals surface area (Å²) in [5.74, 6) is 0.518. The standard InChI is InChI=1S/C14H16FN3O/c1-9-6-18(7-10(2)19-9)14-12-5-11(15)3-4-13(12)16-8-17-14/h3-5,8-10H,6-7H2,1-2H3. The highest BCUT2D eigenvalue weighted by Crippen LogP contribution is 2.26. The van der Waals surface area contributed by atoms with Crippen LogP contribution in [0.5, 0.6) is 0 Å². The second-order valence-electron chi connectivity index (χ2n) is 5.02. The summed E-state index contributed by atoms with van der Waals surface area (Å²) in [5.41, 5.74) is 0.762. The first-order valence-electron chi connectivity index (χ1n) is 6.44. The van der Waals surface area contributed by atoms with Crippen molar-refractivity contribution in [1.82, 2.24) is 9.97 Å². The average Bonchev–Trinajstić information content (AvgIpc) is 2.36. The number of nitrogens with zero attached hydrogens (tertiary/aromatic N) is 3. The van der Waals surface area contributed by atoms with Gasteiger partial charge in [-0.1, -0.05) is 0 Å². The van der Waals surface area contributed by atoms with Gasteiger partial charge in [0.15, 0.2) is 0 Å². The van der Waals surface area contributed by atoms with Crippen molar-refractivity contribution >= 4 is 16.7 Å².